The second kappa shape index (κ2) is 4.87. The van der Waals surface area contributed by atoms with Crippen LogP contribution in [0.25, 0.3) is 0 Å². The predicted octanol–water partition coefficient (Wildman–Crippen LogP) is 1.70. The largest absolute Gasteiger partial charge is 0.390 e. The molecule has 0 amide bonds. The van der Waals surface area contributed by atoms with Gasteiger partial charge < -0.3 is 10.4 Å². The maximum Gasteiger partial charge on any atom is 0.107 e. The van der Waals surface area contributed by atoms with Gasteiger partial charge in [-0.05, 0) is 33.7 Å². The lowest BCUT2D eigenvalue weighted by Crippen LogP contribution is -2.26. The van der Waals surface area contributed by atoms with E-state index in [9.17, 15) is 5.11 Å². The summed E-state index contributed by atoms with van der Waals surface area (Å²) in [5.74, 6) is 0. The first-order valence-electron chi connectivity index (χ1n) is 4.81. The highest BCUT2D eigenvalue weighted by Gasteiger charge is 2.10. The van der Waals surface area contributed by atoms with Gasteiger partial charge in [0.25, 0.3) is 0 Å². The molecule has 80 valence electrons. The van der Waals surface area contributed by atoms with E-state index in [2.05, 4.69) is 10.3 Å². The maximum atomic E-state index is 9.47. The van der Waals surface area contributed by atoms with Crippen LogP contribution in [0.5, 0.6) is 0 Å². The van der Waals surface area contributed by atoms with Crippen molar-refractivity contribution in [3.8, 4) is 0 Å². The summed E-state index contributed by atoms with van der Waals surface area (Å²) in [5, 5.41) is 15.9. The first-order chi connectivity index (χ1) is 6.47. The van der Waals surface area contributed by atoms with E-state index < -0.39 is 5.60 Å². The van der Waals surface area contributed by atoms with E-state index in [0.29, 0.717) is 0 Å². The fourth-order valence-corrected chi connectivity index (χ4v) is 1.81. The van der Waals surface area contributed by atoms with Crippen LogP contribution >= 0.6 is 11.3 Å². The molecule has 14 heavy (non-hydrogen) atoms. The Kier molecular flexibility index (Phi) is 4.04. The molecular formula is C10H18N2OS. The van der Waals surface area contributed by atoms with Crippen molar-refractivity contribution in [3.05, 3.63) is 16.1 Å². The van der Waals surface area contributed by atoms with Crippen LogP contribution in [0.3, 0.4) is 0 Å². The standard InChI is InChI=1S/C10H18N2OS/c1-8-7-14-9(12-8)6-11-5-4-10(2,3)13/h7,11,13H,4-6H2,1-3H3. The summed E-state index contributed by atoms with van der Waals surface area (Å²) in [6.07, 6.45) is 0.761. The van der Waals surface area contributed by atoms with Gasteiger partial charge in [-0.15, -0.1) is 11.3 Å². The van der Waals surface area contributed by atoms with E-state index in [1.54, 1.807) is 11.3 Å². The molecule has 0 saturated heterocycles. The van der Waals surface area contributed by atoms with E-state index >= 15 is 0 Å². The van der Waals surface area contributed by atoms with Crippen LogP contribution < -0.4 is 5.32 Å². The molecule has 0 spiro atoms. The monoisotopic (exact) mass is 214 g/mol. The van der Waals surface area contributed by atoms with Gasteiger partial charge >= 0.3 is 0 Å². The Morgan fingerprint density at radius 3 is 2.79 bits per heavy atom. The number of thiazole rings is 1. The first-order valence-corrected chi connectivity index (χ1v) is 5.69. The lowest BCUT2D eigenvalue weighted by molar-refractivity contribution is 0.0711. The number of nitrogens with one attached hydrogen (secondary N) is 1. The zero-order chi connectivity index (χ0) is 10.6. The van der Waals surface area contributed by atoms with Crippen LogP contribution in [0, 0.1) is 6.92 Å². The van der Waals surface area contributed by atoms with Gasteiger partial charge in [-0.3, -0.25) is 0 Å². The fourth-order valence-electron chi connectivity index (χ4n) is 1.07. The van der Waals surface area contributed by atoms with Crippen molar-refractivity contribution in [1.29, 1.82) is 0 Å². The van der Waals surface area contributed by atoms with Crippen molar-refractivity contribution in [3.63, 3.8) is 0 Å². The Morgan fingerprint density at radius 2 is 2.29 bits per heavy atom. The average Bonchev–Trinajstić information content (AvgIpc) is 2.44. The maximum absolute atomic E-state index is 9.47. The topological polar surface area (TPSA) is 45.1 Å². The average molecular weight is 214 g/mol. The quantitative estimate of drug-likeness (QED) is 0.733. The Bertz CT molecular complexity index is 278. The predicted molar refractivity (Wildman–Crippen MR) is 59.5 cm³/mol. The minimum atomic E-state index is -0.578. The molecule has 0 saturated carbocycles. The van der Waals surface area contributed by atoms with Crippen molar-refractivity contribution in [2.45, 2.75) is 39.3 Å². The summed E-state index contributed by atoms with van der Waals surface area (Å²) < 4.78 is 0. The van der Waals surface area contributed by atoms with Gasteiger partial charge in [0.2, 0.25) is 0 Å². The van der Waals surface area contributed by atoms with Crippen LogP contribution in [0.4, 0.5) is 0 Å². The van der Waals surface area contributed by atoms with Crippen molar-refractivity contribution in [1.82, 2.24) is 10.3 Å². The lowest BCUT2D eigenvalue weighted by atomic mass is 10.1. The molecule has 0 atom stereocenters. The molecule has 0 aliphatic heterocycles. The molecule has 1 aromatic rings. The van der Waals surface area contributed by atoms with Gasteiger partial charge in [-0.25, -0.2) is 4.98 Å². The van der Waals surface area contributed by atoms with Gasteiger partial charge in [0.05, 0.1) is 5.60 Å². The molecule has 1 heterocycles. The van der Waals surface area contributed by atoms with Crippen LogP contribution in [-0.2, 0) is 6.54 Å². The second-order valence-corrected chi connectivity index (χ2v) is 5.06. The van der Waals surface area contributed by atoms with Crippen molar-refractivity contribution in [2.24, 2.45) is 0 Å². The highest BCUT2D eigenvalue weighted by Crippen LogP contribution is 2.09. The summed E-state index contributed by atoms with van der Waals surface area (Å²) in [4.78, 5) is 4.34. The number of rotatable bonds is 5. The number of hydrogen-bond acceptors (Lipinski definition) is 4. The van der Waals surface area contributed by atoms with E-state index in [4.69, 9.17) is 0 Å². The van der Waals surface area contributed by atoms with Gasteiger partial charge in [0.15, 0.2) is 0 Å². The van der Waals surface area contributed by atoms with E-state index in [1.807, 2.05) is 26.2 Å². The number of aliphatic hydroxyl groups is 1. The van der Waals surface area contributed by atoms with Crippen LogP contribution in [0.15, 0.2) is 5.38 Å². The third kappa shape index (κ3) is 4.69. The van der Waals surface area contributed by atoms with E-state index in [-0.39, 0.29) is 0 Å². The molecule has 0 bridgehead atoms. The van der Waals surface area contributed by atoms with Gasteiger partial charge in [-0.1, -0.05) is 0 Å². The molecule has 0 radical (unpaired) electrons. The van der Waals surface area contributed by atoms with Crippen molar-refractivity contribution >= 4 is 11.3 Å². The molecule has 0 unspecified atom stereocenters. The number of aromatic nitrogens is 1. The van der Waals surface area contributed by atoms with Crippen LogP contribution in [0.1, 0.15) is 31.0 Å². The SMILES string of the molecule is Cc1csc(CNCCC(C)(C)O)n1. The number of nitrogens with zero attached hydrogens (tertiary/aromatic N) is 1. The third-order valence-corrected chi connectivity index (χ3v) is 2.82. The summed E-state index contributed by atoms with van der Waals surface area (Å²) in [6, 6.07) is 0. The summed E-state index contributed by atoms with van der Waals surface area (Å²) in [5.41, 5.74) is 0.500. The Labute approximate surface area is 89.2 Å². The number of aryl methyl sites for hydroxylation is 1. The van der Waals surface area contributed by atoms with Gasteiger partial charge in [0.1, 0.15) is 5.01 Å². The highest BCUT2D eigenvalue weighted by atomic mass is 32.1. The summed E-state index contributed by atoms with van der Waals surface area (Å²) in [6.45, 7) is 7.26. The molecule has 1 rings (SSSR count). The molecule has 1 aromatic heterocycles. The van der Waals surface area contributed by atoms with Gasteiger partial charge in [-0.2, -0.15) is 0 Å². The minimum Gasteiger partial charge on any atom is -0.390 e. The first kappa shape index (κ1) is 11.6. The zero-order valence-electron chi connectivity index (χ0n) is 9.00. The second-order valence-electron chi connectivity index (χ2n) is 4.12. The molecule has 2 N–H and O–H groups in total. The minimum absolute atomic E-state index is 0.578. The molecule has 0 aromatic carbocycles. The normalized spacial score (nSPS) is 12.0. The van der Waals surface area contributed by atoms with Crippen LogP contribution in [0.2, 0.25) is 0 Å². The molecule has 0 aliphatic rings. The Morgan fingerprint density at radius 1 is 1.57 bits per heavy atom. The van der Waals surface area contributed by atoms with Crippen LogP contribution in [-0.4, -0.2) is 22.2 Å². The lowest BCUT2D eigenvalue weighted by Gasteiger charge is -2.16. The molecule has 3 nitrogen and oxygen atoms in total. The molecule has 0 aliphatic carbocycles. The summed E-state index contributed by atoms with van der Waals surface area (Å²) in [7, 11) is 0. The third-order valence-electron chi connectivity index (χ3n) is 1.86. The molecule has 4 heteroatoms. The fraction of sp³-hybridized carbons (Fsp3) is 0.700. The van der Waals surface area contributed by atoms with Gasteiger partial charge in [0, 0.05) is 17.6 Å². The van der Waals surface area contributed by atoms with Crippen molar-refractivity contribution in [2.75, 3.05) is 6.54 Å². The zero-order valence-corrected chi connectivity index (χ0v) is 9.82. The number of hydrogen-bond donors (Lipinski definition) is 2. The van der Waals surface area contributed by atoms with E-state index in [0.717, 1.165) is 30.2 Å². The molecular weight excluding hydrogens is 196 g/mol. The molecule has 0 fully saturated rings. The summed E-state index contributed by atoms with van der Waals surface area (Å²) >= 11 is 1.67. The van der Waals surface area contributed by atoms with E-state index in [1.165, 1.54) is 0 Å². The Hall–Kier alpha value is -0.450. The smallest absolute Gasteiger partial charge is 0.107 e. The Balaban J connectivity index is 2.16. The highest BCUT2D eigenvalue weighted by molar-refractivity contribution is 7.09. The van der Waals surface area contributed by atoms with Crippen molar-refractivity contribution < 1.29 is 5.11 Å².